The van der Waals surface area contributed by atoms with Crippen LogP contribution in [0.4, 0.5) is 5.13 Å². The van der Waals surface area contributed by atoms with Gasteiger partial charge in [-0.05, 0) is 43.2 Å². The quantitative estimate of drug-likeness (QED) is 0.763. The zero-order valence-electron chi connectivity index (χ0n) is 13.8. The van der Waals surface area contributed by atoms with Crippen molar-refractivity contribution in [3.63, 3.8) is 0 Å². The average molecular weight is 342 g/mol. The van der Waals surface area contributed by atoms with Crippen LogP contribution in [0.1, 0.15) is 11.1 Å². The van der Waals surface area contributed by atoms with Crippen LogP contribution in [0.15, 0.2) is 36.4 Å². The van der Waals surface area contributed by atoms with Gasteiger partial charge in [-0.15, -0.1) is 0 Å². The summed E-state index contributed by atoms with van der Waals surface area (Å²) in [6, 6.07) is 11.2. The lowest BCUT2D eigenvalue weighted by molar-refractivity contribution is -0.118. The van der Waals surface area contributed by atoms with E-state index in [1.54, 1.807) is 19.2 Å². The molecule has 2 aromatic carbocycles. The van der Waals surface area contributed by atoms with E-state index in [1.165, 1.54) is 16.9 Å². The summed E-state index contributed by atoms with van der Waals surface area (Å²) >= 11 is 1.46. The van der Waals surface area contributed by atoms with Gasteiger partial charge in [0, 0.05) is 6.07 Å². The molecule has 0 aliphatic heterocycles. The van der Waals surface area contributed by atoms with Crippen LogP contribution >= 0.6 is 11.3 Å². The van der Waals surface area contributed by atoms with E-state index in [1.807, 2.05) is 32.0 Å². The Labute approximate surface area is 144 Å². The molecule has 0 aliphatic rings. The summed E-state index contributed by atoms with van der Waals surface area (Å²) < 4.78 is 11.7. The summed E-state index contributed by atoms with van der Waals surface area (Å²) in [7, 11) is 1.59. The molecule has 0 atom stereocenters. The number of hydrogen-bond acceptors (Lipinski definition) is 5. The van der Waals surface area contributed by atoms with Crippen molar-refractivity contribution >= 4 is 32.6 Å². The van der Waals surface area contributed by atoms with Crippen molar-refractivity contribution in [1.82, 2.24) is 4.98 Å². The summed E-state index contributed by atoms with van der Waals surface area (Å²) in [5.41, 5.74) is 3.26. The van der Waals surface area contributed by atoms with Gasteiger partial charge in [-0.3, -0.25) is 10.1 Å². The van der Waals surface area contributed by atoms with Gasteiger partial charge in [0.2, 0.25) is 0 Å². The number of benzene rings is 2. The van der Waals surface area contributed by atoms with Gasteiger partial charge in [0.1, 0.15) is 11.5 Å². The number of rotatable bonds is 5. The number of carbonyl (C=O) groups excluding carboxylic acids is 1. The number of aromatic nitrogens is 1. The molecule has 0 saturated heterocycles. The van der Waals surface area contributed by atoms with Crippen molar-refractivity contribution < 1.29 is 14.3 Å². The van der Waals surface area contributed by atoms with Crippen molar-refractivity contribution in [3.8, 4) is 11.5 Å². The summed E-state index contributed by atoms with van der Waals surface area (Å²) in [5.74, 6) is 1.02. The highest BCUT2D eigenvalue weighted by Crippen LogP contribution is 2.29. The van der Waals surface area contributed by atoms with E-state index in [-0.39, 0.29) is 12.5 Å². The third kappa shape index (κ3) is 3.49. The van der Waals surface area contributed by atoms with E-state index in [9.17, 15) is 4.79 Å². The van der Waals surface area contributed by atoms with E-state index in [0.717, 1.165) is 15.8 Å². The molecule has 1 amide bonds. The first kappa shape index (κ1) is 16.3. The Hall–Kier alpha value is -2.60. The molecule has 0 radical (unpaired) electrons. The fraction of sp³-hybridized carbons (Fsp3) is 0.222. The molecule has 6 heteroatoms. The fourth-order valence-corrected chi connectivity index (χ4v) is 3.22. The molecule has 0 spiro atoms. The number of fused-ring (bicyclic) bond motifs is 1. The van der Waals surface area contributed by atoms with Gasteiger partial charge < -0.3 is 9.47 Å². The molecule has 3 aromatic rings. The van der Waals surface area contributed by atoms with Crippen LogP contribution in [-0.4, -0.2) is 24.6 Å². The second-order valence-corrected chi connectivity index (χ2v) is 6.42. The van der Waals surface area contributed by atoms with E-state index in [0.29, 0.717) is 16.6 Å². The van der Waals surface area contributed by atoms with E-state index >= 15 is 0 Å². The zero-order chi connectivity index (χ0) is 17.1. The molecule has 0 saturated carbocycles. The first-order chi connectivity index (χ1) is 11.6. The van der Waals surface area contributed by atoms with Crippen LogP contribution in [0, 0.1) is 13.8 Å². The number of nitrogens with one attached hydrogen (secondary N) is 1. The SMILES string of the molecule is COc1cccc(OCC(=O)Nc2nc3c(C)c(C)ccc3s2)c1. The largest absolute Gasteiger partial charge is 0.497 e. The molecule has 5 nitrogen and oxygen atoms in total. The van der Waals surface area contributed by atoms with Gasteiger partial charge in [0.05, 0.1) is 17.3 Å². The standard InChI is InChI=1S/C18H18N2O3S/c1-11-7-8-15-17(12(11)2)20-18(24-15)19-16(21)10-23-14-6-4-5-13(9-14)22-3/h4-9H,10H2,1-3H3,(H,19,20,21). The van der Waals surface area contributed by atoms with Crippen LogP contribution < -0.4 is 14.8 Å². The summed E-state index contributed by atoms with van der Waals surface area (Å²) in [4.78, 5) is 16.6. The molecule has 24 heavy (non-hydrogen) atoms. The number of anilines is 1. The topological polar surface area (TPSA) is 60.5 Å². The molecule has 1 aromatic heterocycles. The predicted molar refractivity (Wildman–Crippen MR) is 96.2 cm³/mol. The average Bonchev–Trinajstić information content (AvgIpc) is 3.00. The number of methoxy groups -OCH3 is 1. The molecule has 1 heterocycles. The number of ether oxygens (including phenoxy) is 2. The van der Waals surface area contributed by atoms with Crippen molar-refractivity contribution in [3.05, 3.63) is 47.5 Å². The van der Waals surface area contributed by atoms with Gasteiger partial charge >= 0.3 is 0 Å². The Kier molecular flexibility index (Phi) is 4.66. The van der Waals surface area contributed by atoms with Crippen LogP contribution in [0.5, 0.6) is 11.5 Å². The molecule has 0 unspecified atom stereocenters. The minimum absolute atomic E-state index is 0.0822. The molecule has 0 aliphatic carbocycles. The second-order valence-electron chi connectivity index (χ2n) is 5.39. The van der Waals surface area contributed by atoms with Crippen LogP contribution in [0.2, 0.25) is 0 Å². The number of carbonyl (C=O) groups is 1. The van der Waals surface area contributed by atoms with E-state index in [4.69, 9.17) is 9.47 Å². The number of amides is 1. The first-order valence-electron chi connectivity index (χ1n) is 7.50. The summed E-state index contributed by atoms with van der Waals surface area (Å²) in [5, 5.41) is 3.37. The summed E-state index contributed by atoms with van der Waals surface area (Å²) in [6.07, 6.45) is 0. The van der Waals surface area contributed by atoms with Crippen molar-refractivity contribution in [1.29, 1.82) is 0 Å². The number of hydrogen-bond donors (Lipinski definition) is 1. The minimum atomic E-state index is -0.244. The van der Waals surface area contributed by atoms with Gasteiger partial charge in [-0.25, -0.2) is 4.98 Å². The van der Waals surface area contributed by atoms with E-state index in [2.05, 4.69) is 16.4 Å². The predicted octanol–water partition coefficient (Wildman–Crippen LogP) is 3.94. The third-order valence-corrected chi connectivity index (χ3v) is 4.68. The molecular weight excluding hydrogens is 324 g/mol. The summed E-state index contributed by atoms with van der Waals surface area (Å²) in [6.45, 7) is 4.00. The van der Waals surface area contributed by atoms with Crippen LogP contribution in [0.3, 0.4) is 0 Å². The third-order valence-electron chi connectivity index (χ3n) is 3.74. The molecule has 3 rings (SSSR count). The van der Waals surface area contributed by atoms with Crippen molar-refractivity contribution in [2.24, 2.45) is 0 Å². The lowest BCUT2D eigenvalue weighted by Crippen LogP contribution is -2.20. The van der Waals surface area contributed by atoms with Crippen LogP contribution in [0.25, 0.3) is 10.2 Å². The smallest absolute Gasteiger partial charge is 0.264 e. The first-order valence-corrected chi connectivity index (χ1v) is 8.32. The molecule has 0 fully saturated rings. The maximum Gasteiger partial charge on any atom is 0.264 e. The maximum atomic E-state index is 12.1. The maximum absolute atomic E-state index is 12.1. The van der Waals surface area contributed by atoms with Crippen LogP contribution in [-0.2, 0) is 4.79 Å². The monoisotopic (exact) mass is 342 g/mol. The Balaban J connectivity index is 1.65. The van der Waals surface area contributed by atoms with Gasteiger partial charge in [0.15, 0.2) is 11.7 Å². The highest BCUT2D eigenvalue weighted by Gasteiger charge is 2.11. The van der Waals surface area contributed by atoms with E-state index < -0.39 is 0 Å². The lowest BCUT2D eigenvalue weighted by Gasteiger charge is -2.07. The highest BCUT2D eigenvalue weighted by atomic mass is 32.1. The number of nitrogens with zero attached hydrogens (tertiary/aromatic N) is 1. The fourth-order valence-electron chi connectivity index (χ4n) is 2.27. The zero-order valence-corrected chi connectivity index (χ0v) is 14.6. The molecular formula is C18H18N2O3S. The Bertz CT molecular complexity index is 889. The van der Waals surface area contributed by atoms with Crippen molar-refractivity contribution in [2.75, 3.05) is 19.0 Å². The van der Waals surface area contributed by atoms with Gasteiger partial charge in [-0.1, -0.05) is 23.5 Å². The second kappa shape index (κ2) is 6.88. The highest BCUT2D eigenvalue weighted by molar-refractivity contribution is 7.22. The normalized spacial score (nSPS) is 10.6. The number of thiazole rings is 1. The molecule has 0 bridgehead atoms. The number of aryl methyl sites for hydroxylation is 2. The minimum Gasteiger partial charge on any atom is -0.497 e. The molecule has 1 N–H and O–H groups in total. The molecule has 124 valence electrons. The van der Waals surface area contributed by atoms with Gasteiger partial charge in [0.25, 0.3) is 5.91 Å². The van der Waals surface area contributed by atoms with Crippen molar-refractivity contribution in [2.45, 2.75) is 13.8 Å². The lowest BCUT2D eigenvalue weighted by atomic mass is 10.1. The van der Waals surface area contributed by atoms with Gasteiger partial charge in [-0.2, -0.15) is 0 Å². The Morgan fingerprint density at radius 2 is 2.00 bits per heavy atom. The Morgan fingerprint density at radius 3 is 2.79 bits per heavy atom. The Morgan fingerprint density at radius 1 is 1.21 bits per heavy atom.